The molecule has 6 heterocycles. The average Bonchev–Trinajstić information content (AvgIpc) is 3.89. The van der Waals surface area contributed by atoms with Crippen molar-refractivity contribution in [1.29, 1.82) is 0 Å². The molecule has 3 amide bonds. The quantitative estimate of drug-likeness (QED) is 0.0592. The molecule has 6 aromatic rings. The SMILES string of the molecule is CC(C)(O)CC(=O)Nc1nc2cc(Cl)c(Cl)nc2n1C1CCC1.Cc1cc2nc(NC(=O)CC(C)(C)O)n(C3(C)CCC3)c2nc1Cl.Cc1cc2nc(NC(=O)CC(C)(O)C3CC3)n(C3(C)CCC3)c2nc1Cl. The third kappa shape index (κ3) is 12.2. The lowest BCUT2D eigenvalue weighted by Gasteiger charge is -2.40. The van der Waals surface area contributed by atoms with E-state index in [-0.39, 0.29) is 65.2 Å². The number of halogens is 4. The van der Waals surface area contributed by atoms with Crippen molar-refractivity contribution in [3.63, 3.8) is 0 Å². The maximum absolute atomic E-state index is 12.6. The number of aromatic nitrogens is 9. The lowest BCUT2D eigenvalue weighted by molar-refractivity contribution is -0.122. The van der Waals surface area contributed by atoms with Gasteiger partial charge in [-0.2, -0.15) is 0 Å². The fraction of sp³-hybridized carbons (Fsp3) is 0.588. The van der Waals surface area contributed by atoms with Gasteiger partial charge in [0.05, 0.1) is 41.1 Å². The molecule has 10 rings (SSSR count). The molecular formula is C51H66Cl4N12O6. The number of pyridine rings is 3. The van der Waals surface area contributed by atoms with Crippen molar-refractivity contribution in [3.05, 3.63) is 49.8 Å². The Morgan fingerprint density at radius 1 is 0.575 bits per heavy atom. The fourth-order valence-corrected chi connectivity index (χ4v) is 10.2. The molecule has 18 nitrogen and oxygen atoms in total. The van der Waals surface area contributed by atoms with E-state index in [4.69, 9.17) is 46.4 Å². The largest absolute Gasteiger partial charge is 0.390 e. The van der Waals surface area contributed by atoms with E-state index in [2.05, 4.69) is 59.7 Å². The van der Waals surface area contributed by atoms with Gasteiger partial charge < -0.3 is 15.3 Å². The standard InChI is InChI=1S/C19H25ClN4O2.C17H23ClN4O2.C15H18Cl2N4O2/c1-11-9-13-16(23-15(11)20)24(18(2)7-4-8-18)17(21-13)22-14(25)10-19(3,26)12-5-6-12;1-10-8-11-14(21-13(10)18)22(17(4)6-5-7-17)15(19-11)20-12(23)9-16(2,3)24;1-15(2,23)7-11(22)19-14-18-10-6-9(16)12(17)20-13(10)21(14)8-4-3-5-8/h9,12,26H,4-8,10H2,1-3H3,(H,21,22,25);8,24H,5-7,9H2,1-4H3,(H,19,20,23);6,8,23H,3-5,7H2,1-2H3,(H,18,19,22). The molecule has 6 aromatic heterocycles. The van der Waals surface area contributed by atoms with E-state index >= 15 is 0 Å². The van der Waals surface area contributed by atoms with E-state index in [1.165, 1.54) is 0 Å². The highest BCUT2D eigenvalue weighted by atomic mass is 35.5. The Labute approximate surface area is 444 Å². The highest BCUT2D eigenvalue weighted by molar-refractivity contribution is 6.41. The Morgan fingerprint density at radius 3 is 1.36 bits per heavy atom. The predicted molar refractivity (Wildman–Crippen MR) is 286 cm³/mol. The Morgan fingerprint density at radius 2 is 0.973 bits per heavy atom. The molecule has 22 heteroatoms. The first-order valence-electron chi connectivity index (χ1n) is 25.0. The highest BCUT2D eigenvalue weighted by Gasteiger charge is 2.43. The lowest BCUT2D eigenvalue weighted by atomic mass is 9.78. The normalized spacial score (nSPS) is 18.1. The molecular weight excluding hydrogens is 1020 g/mol. The molecule has 1 unspecified atom stereocenters. The zero-order chi connectivity index (χ0) is 53.2. The Balaban J connectivity index is 0.000000146. The minimum atomic E-state index is -1.08. The van der Waals surface area contributed by atoms with Gasteiger partial charge in [0, 0.05) is 17.1 Å². The van der Waals surface area contributed by atoms with Gasteiger partial charge in [-0.1, -0.05) is 46.4 Å². The number of nitrogens with zero attached hydrogens (tertiary/aromatic N) is 9. The molecule has 4 fully saturated rings. The third-order valence-electron chi connectivity index (χ3n) is 14.4. The monoisotopic (exact) mass is 1080 g/mol. The van der Waals surface area contributed by atoms with E-state index in [1.54, 1.807) is 40.7 Å². The summed E-state index contributed by atoms with van der Waals surface area (Å²) in [5.74, 6) is 0.812. The molecule has 0 saturated heterocycles. The van der Waals surface area contributed by atoms with Gasteiger partial charge >= 0.3 is 0 Å². The third-order valence-corrected chi connectivity index (χ3v) is 15.8. The molecule has 0 aromatic carbocycles. The summed E-state index contributed by atoms with van der Waals surface area (Å²) < 4.78 is 5.91. The fourth-order valence-electron chi connectivity index (χ4n) is 9.69. The van der Waals surface area contributed by atoms with Crippen LogP contribution in [0.3, 0.4) is 0 Å². The topological polar surface area (TPSA) is 240 Å². The number of hydrogen-bond acceptors (Lipinski definition) is 12. The zero-order valence-electron chi connectivity index (χ0n) is 42.9. The molecule has 6 N–H and O–H groups in total. The molecule has 4 aliphatic carbocycles. The molecule has 4 saturated carbocycles. The molecule has 394 valence electrons. The van der Waals surface area contributed by atoms with Gasteiger partial charge in [0.2, 0.25) is 35.6 Å². The number of rotatable bonds is 13. The van der Waals surface area contributed by atoms with Gasteiger partial charge in [0.25, 0.3) is 0 Å². The smallest absolute Gasteiger partial charge is 0.229 e. The number of amides is 3. The van der Waals surface area contributed by atoms with Gasteiger partial charge in [-0.3, -0.25) is 44.0 Å². The van der Waals surface area contributed by atoms with Crippen molar-refractivity contribution in [3.8, 4) is 0 Å². The van der Waals surface area contributed by atoms with Crippen molar-refractivity contribution in [2.75, 3.05) is 16.0 Å². The minimum absolute atomic E-state index is 0.000131. The first kappa shape index (κ1) is 54.6. The number of imidazole rings is 3. The van der Waals surface area contributed by atoms with E-state index in [0.717, 1.165) is 87.3 Å². The van der Waals surface area contributed by atoms with Crippen molar-refractivity contribution in [2.24, 2.45) is 5.92 Å². The van der Waals surface area contributed by atoms with Crippen LogP contribution in [0.4, 0.5) is 17.8 Å². The lowest BCUT2D eigenvalue weighted by Crippen LogP contribution is -2.39. The van der Waals surface area contributed by atoms with Gasteiger partial charge in [0.15, 0.2) is 16.9 Å². The number of carbonyl (C=O) groups is 3. The van der Waals surface area contributed by atoms with Crippen LogP contribution in [0.2, 0.25) is 20.5 Å². The van der Waals surface area contributed by atoms with E-state index < -0.39 is 16.8 Å². The van der Waals surface area contributed by atoms with Crippen LogP contribution >= 0.6 is 46.4 Å². The summed E-state index contributed by atoms with van der Waals surface area (Å²) >= 11 is 24.5. The summed E-state index contributed by atoms with van der Waals surface area (Å²) in [6, 6.07) is 5.67. The summed E-state index contributed by atoms with van der Waals surface area (Å²) in [5.41, 5.74) is 2.37. The summed E-state index contributed by atoms with van der Waals surface area (Å²) in [5, 5.41) is 40.1. The van der Waals surface area contributed by atoms with Crippen molar-refractivity contribution in [2.45, 2.75) is 186 Å². The van der Waals surface area contributed by atoms with Gasteiger partial charge in [-0.15, -0.1) is 0 Å². The minimum Gasteiger partial charge on any atom is -0.390 e. The molecule has 0 aliphatic heterocycles. The number of aliphatic hydroxyl groups is 3. The van der Waals surface area contributed by atoms with Crippen LogP contribution in [0.25, 0.3) is 33.5 Å². The van der Waals surface area contributed by atoms with Crippen LogP contribution in [-0.4, -0.2) is 93.4 Å². The van der Waals surface area contributed by atoms with Crippen molar-refractivity contribution >= 4 is 115 Å². The molecule has 73 heavy (non-hydrogen) atoms. The highest BCUT2D eigenvalue weighted by Crippen LogP contribution is 2.46. The van der Waals surface area contributed by atoms with Crippen LogP contribution in [0, 0.1) is 19.8 Å². The number of hydrogen-bond donors (Lipinski definition) is 6. The van der Waals surface area contributed by atoms with Crippen molar-refractivity contribution in [1.82, 2.24) is 43.6 Å². The Kier molecular flexibility index (Phi) is 15.3. The maximum Gasteiger partial charge on any atom is 0.229 e. The van der Waals surface area contributed by atoms with E-state index in [0.29, 0.717) is 61.1 Å². The summed E-state index contributed by atoms with van der Waals surface area (Å²) in [4.78, 5) is 63.9. The average molecular weight is 1080 g/mol. The molecule has 4 aliphatic rings. The van der Waals surface area contributed by atoms with Crippen LogP contribution in [-0.2, 0) is 25.5 Å². The number of carbonyl (C=O) groups excluding carboxylic acids is 3. The molecule has 0 bridgehead atoms. The summed E-state index contributed by atoms with van der Waals surface area (Å²) in [6.45, 7) is 16.2. The van der Waals surface area contributed by atoms with Crippen LogP contribution in [0.1, 0.15) is 156 Å². The Bertz CT molecular complexity index is 3100. The van der Waals surface area contributed by atoms with Crippen molar-refractivity contribution < 1.29 is 29.7 Å². The first-order valence-corrected chi connectivity index (χ1v) is 26.5. The van der Waals surface area contributed by atoms with Crippen LogP contribution in [0.5, 0.6) is 0 Å². The summed E-state index contributed by atoms with van der Waals surface area (Å²) in [6.07, 6.45) is 11.4. The second kappa shape index (κ2) is 20.4. The van der Waals surface area contributed by atoms with E-state index in [9.17, 15) is 29.7 Å². The van der Waals surface area contributed by atoms with Crippen LogP contribution < -0.4 is 16.0 Å². The zero-order valence-corrected chi connectivity index (χ0v) is 45.9. The maximum atomic E-state index is 12.6. The van der Waals surface area contributed by atoms with Crippen LogP contribution in [0.15, 0.2) is 18.2 Å². The van der Waals surface area contributed by atoms with Gasteiger partial charge in [0.1, 0.15) is 32.0 Å². The molecule has 0 spiro atoms. The number of nitrogens with one attached hydrogen (secondary N) is 3. The van der Waals surface area contributed by atoms with Gasteiger partial charge in [-0.05, 0) is 168 Å². The van der Waals surface area contributed by atoms with Gasteiger partial charge in [-0.25, -0.2) is 29.9 Å². The molecule has 0 radical (unpaired) electrons. The number of anilines is 3. The predicted octanol–water partition coefficient (Wildman–Crippen LogP) is 10.7. The number of fused-ring (bicyclic) bond motifs is 3. The van der Waals surface area contributed by atoms with E-state index in [1.807, 2.05) is 39.7 Å². The second-order valence-electron chi connectivity index (χ2n) is 22.5. The Hall–Kier alpha value is -4.69. The number of aryl methyl sites for hydroxylation is 2. The second-order valence-corrected chi connectivity index (χ2v) is 24.0. The summed E-state index contributed by atoms with van der Waals surface area (Å²) in [7, 11) is 0. The molecule has 1 atom stereocenters. The first-order chi connectivity index (χ1) is 34.0.